The molecular weight excluding hydrogens is 417 g/mol. The van der Waals surface area contributed by atoms with Gasteiger partial charge in [-0.2, -0.15) is 0 Å². The van der Waals surface area contributed by atoms with Gasteiger partial charge in [0.15, 0.2) is 0 Å². The van der Waals surface area contributed by atoms with Gasteiger partial charge in [-0.1, -0.05) is 28.9 Å². The molecule has 1 N–H and O–H groups in total. The van der Waals surface area contributed by atoms with Crippen LogP contribution >= 0.6 is 43.2 Å². The standard InChI is InChI=1S/C16H18Br2FNS/c1-3-6-20-14(15-7-10(2)16(18)21-15)8-11-4-5-12(17)9-13(11)19/h4-5,7,9,14,20H,3,6,8H2,1-2H3. The summed E-state index contributed by atoms with van der Waals surface area (Å²) >= 11 is 8.60. The molecule has 1 unspecified atom stereocenters. The van der Waals surface area contributed by atoms with E-state index in [1.54, 1.807) is 11.3 Å². The van der Waals surface area contributed by atoms with Crippen molar-refractivity contribution in [2.75, 3.05) is 6.54 Å². The zero-order valence-electron chi connectivity index (χ0n) is 12.1. The zero-order chi connectivity index (χ0) is 15.4. The maximum absolute atomic E-state index is 14.1. The van der Waals surface area contributed by atoms with Crippen molar-refractivity contribution in [3.8, 4) is 0 Å². The van der Waals surface area contributed by atoms with Crippen LogP contribution in [0, 0.1) is 12.7 Å². The number of rotatable bonds is 6. The Bertz CT molecular complexity index is 593. The summed E-state index contributed by atoms with van der Waals surface area (Å²) in [6.45, 7) is 5.15. The van der Waals surface area contributed by atoms with Crippen molar-refractivity contribution in [1.82, 2.24) is 5.32 Å². The highest BCUT2D eigenvalue weighted by molar-refractivity contribution is 9.11. The minimum atomic E-state index is -0.153. The Morgan fingerprint density at radius 2 is 2.05 bits per heavy atom. The summed E-state index contributed by atoms with van der Waals surface area (Å²) < 4.78 is 16.0. The first-order chi connectivity index (χ1) is 10.0. The minimum absolute atomic E-state index is 0.149. The molecule has 1 heterocycles. The summed E-state index contributed by atoms with van der Waals surface area (Å²) in [5.74, 6) is -0.153. The lowest BCUT2D eigenvalue weighted by Crippen LogP contribution is -2.23. The fourth-order valence-corrected chi connectivity index (χ4v) is 4.13. The Morgan fingerprint density at radius 3 is 2.62 bits per heavy atom. The molecule has 0 radical (unpaired) electrons. The average Bonchev–Trinajstić information content (AvgIpc) is 2.77. The Labute approximate surface area is 146 Å². The lowest BCUT2D eigenvalue weighted by atomic mass is 10.0. The molecule has 0 saturated carbocycles. The first-order valence-electron chi connectivity index (χ1n) is 6.94. The molecule has 0 amide bonds. The third-order valence-corrected chi connectivity index (χ3v) is 6.04. The van der Waals surface area contributed by atoms with E-state index in [2.05, 4.69) is 57.1 Å². The number of hydrogen-bond acceptors (Lipinski definition) is 2. The van der Waals surface area contributed by atoms with E-state index in [-0.39, 0.29) is 11.9 Å². The van der Waals surface area contributed by atoms with Gasteiger partial charge in [0.25, 0.3) is 0 Å². The molecule has 21 heavy (non-hydrogen) atoms. The smallest absolute Gasteiger partial charge is 0.127 e. The number of halogens is 3. The van der Waals surface area contributed by atoms with Gasteiger partial charge in [0, 0.05) is 15.4 Å². The van der Waals surface area contributed by atoms with Gasteiger partial charge in [-0.15, -0.1) is 11.3 Å². The van der Waals surface area contributed by atoms with E-state index in [1.807, 2.05) is 12.1 Å². The second kappa shape index (κ2) is 7.86. The molecule has 5 heteroatoms. The predicted molar refractivity (Wildman–Crippen MR) is 95.6 cm³/mol. The number of benzene rings is 1. The zero-order valence-corrected chi connectivity index (χ0v) is 16.0. The maximum Gasteiger partial charge on any atom is 0.127 e. The largest absolute Gasteiger partial charge is 0.309 e. The third kappa shape index (κ3) is 4.62. The van der Waals surface area contributed by atoms with Crippen LogP contribution in [0.2, 0.25) is 0 Å². The van der Waals surface area contributed by atoms with Crippen molar-refractivity contribution in [1.29, 1.82) is 0 Å². The van der Waals surface area contributed by atoms with Gasteiger partial charge in [-0.25, -0.2) is 4.39 Å². The quantitative estimate of drug-likeness (QED) is 0.587. The van der Waals surface area contributed by atoms with E-state index in [9.17, 15) is 4.39 Å². The van der Waals surface area contributed by atoms with Crippen molar-refractivity contribution < 1.29 is 4.39 Å². The third-order valence-electron chi connectivity index (χ3n) is 3.30. The number of aryl methyl sites for hydroxylation is 1. The number of hydrogen-bond donors (Lipinski definition) is 1. The Morgan fingerprint density at radius 1 is 1.29 bits per heavy atom. The minimum Gasteiger partial charge on any atom is -0.309 e. The molecule has 1 aromatic carbocycles. The van der Waals surface area contributed by atoms with E-state index in [4.69, 9.17) is 0 Å². The molecule has 0 aliphatic heterocycles. The van der Waals surface area contributed by atoms with Gasteiger partial charge < -0.3 is 5.32 Å². The predicted octanol–water partition coefficient (Wildman–Crippen LogP) is 6.00. The lowest BCUT2D eigenvalue weighted by Gasteiger charge is -2.18. The molecule has 0 fully saturated rings. The highest BCUT2D eigenvalue weighted by atomic mass is 79.9. The second-order valence-corrected chi connectivity index (χ2v) is 8.37. The number of nitrogens with one attached hydrogen (secondary N) is 1. The summed E-state index contributed by atoms with van der Waals surface area (Å²) in [5, 5.41) is 3.53. The van der Waals surface area contributed by atoms with Gasteiger partial charge in [-0.05, 0) is 71.6 Å². The lowest BCUT2D eigenvalue weighted by molar-refractivity contribution is 0.519. The Kier molecular flexibility index (Phi) is 6.41. The second-order valence-electron chi connectivity index (χ2n) is 5.05. The van der Waals surface area contributed by atoms with Crippen LogP contribution in [-0.4, -0.2) is 6.54 Å². The van der Waals surface area contributed by atoms with Crippen LogP contribution in [-0.2, 0) is 6.42 Å². The van der Waals surface area contributed by atoms with Crippen molar-refractivity contribution in [3.63, 3.8) is 0 Å². The molecular formula is C16H18Br2FNS. The topological polar surface area (TPSA) is 12.0 Å². The van der Waals surface area contributed by atoms with Gasteiger partial charge >= 0.3 is 0 Å². The molecule has 2 rings (SSSR count). The summed E-state index contributed by atoms with van der Waals surface area (Å²) in [6.07, 6.45) is 1.72. The monoisotopic (exact) mass is 433 g/mol. The van der Waals surface area contributed by atoms with E-state index in [1.165, 1.54) is 16.5 Å². The molecule has 0 aliphatic carbocycles. The van der Waals surface area contributed by atoms with Crippen molar-refractivity contribution in [3.05, 3.63) is 54.3 Å². The summed E-state index contributed by atoms with van der Waals surface area (Å²) in [6, 6.07) is 7.61. The summed E-state index contributed by atoms with van der Waals surface area (Å²) in [4.78, 5) is 1.25. The number of thiophene rings is 1. The van der Waals surface area contributed by atoms with Crippen molar-refractivity contribution >= 4 is 43.2 Å². The Balaban J connectivity index is 2.23. The molecule has 1 atom stereocenters. The van der Waals surface area contributed by atoms with Gasteiger partial charge in [0.1, 0.15) is 5.82 Å². The fourth-order valence-electron chi connectivity index (χ4n) is 2.15. The van der Waals surface area contributed by atoms with Gasteiger partial charge in [0.05, 0.1) is 3.79 Å². The Hall–Kier alpha value is -0.230. The molecule has 0 spiro atoms. The molecule has 1 nitrogen and oxygen atoms in total. The van der Waals surface area contributed by atoms with Crippen LogP contribution in [0.4, 0.5) is 4.39 Å². The molecule has 2 aromatic rings. The van der Waals surface area contributed by atoms with Crippen LogP contribution in [0.5, 0.6) is 0 Å². The van der Waals surface area contributed by atoms with Crippen LogP contribution < -0.4 is 5.32 Å². The van der Waals surface area contributed by atoms with E-state index in [0.29, 0.717) is 6.42 Å². The summed E-state index contributed by atoms with van der Waals surface area (Å²) in [7, 11) is 0. The van der Waals surface area contributed by atoms with Crippen LogP contribution in [0.1, 0.15) is 35.4 Å². The van der Waals surface area contributed by atoms with Crippen LogP contribution in [0.15, 0.2) is 32.5 Å². The maximum atomic E-state index is 14.1. The van der Waals surface area contributed by atoms with Gasteiger partial charge in [0.2, 0.25) is 0 Å². The first-order valence-corrected chi connectivity index (χ1v) is 9.34. The van der Waals surface area contributed by atoms with Gasteiger partial charge in [-0.3, -0.25) is 0 Å². The van der Waals surface area contributed by atoms with E-state index in [0.717, 1.165) is 26.8 Å². The molecule has 1 aromatic heterocycles. The van der Waals surface area contributed by atoms with Crippen molar-refractivity contribution in [2.24, 2.45) is 0 Å². The van der Waals surface area contributed by atoms with E-state index >= 15 is 0 Å². The molecule has 114 valence electrons. The SMILES string of the molecule is CCCNC(Cc1ccc(Br)cc1F)c1cc(C)c(Br)s1. The highest BCUT2D eigenvalue weighted by Crippen LogP contribution is 2.33. The highest BCUT2D eigenvalue weighted by Gasteiger charge is 2.17. The first kappa shape index (κ1) is 17.1. The van der Waals surface area contributed by atoms with Crippen molar-refractivity contribution in [2.45, 2.75) is 32.7 Å². The molecule has 0 aliphatic rings. The van der Waals surface area contributed by atoms with Crippen LogP contribution in [0.3, 0.4) is 0 Å². The molecule has 0 bridgehead atoms. The normalized spacial score (nSPS) is 12.6. The van der Waals surface area contributed by atoms with Crippen LogP contribution in [0.25, 0.3) is 0 Å². The fraction of sp³-hybridized carbons (Fsp3) is 0.375. The summed E-state index contributed by atoms with van der Waals surface area (Å²) in [5.41, 5.74) is 1.98. The van der Waals surface area contributed by atoms with E-state index < -0.39 is 0 Å². The molecule has 0 saturated heterocycles. The average molecular weight is 435 g/mol.